The fourth-order valence-corrected chi connectivity index (χ4v) is 2.14. The van der Waals surface area contributed by atoms with E-state index < -0.39 is 5.91 Å². The summed E-state index contributed by atoms with van der Waals surface area (Å²) in [6, 6.07) is 0. The molecule has 0 saturated carbocycles. The molecule has 3 rings (SSSR count). The molecule has 115 valence electrons. The van der Waals surface area contributed by atoms with Crippen LogP contribution in [0.3, 0.4) is 0 Å². The number of likely N-dealkylation sites (tertiary alicyclic amines) is 1. The molecule has 2 aromatic heterocycles. The zero-order chi connectivity index (χ0) is 15.2. The van der Waals surface area contributed by atoms with E-state index in [-0.39, 0.29) is 38.3 Å². The van der Waals surface area contributed by atoms with Gasteiger partial charge >= 0.3 is 0 Å². The van der Waals surface area contributed by atoms with Crippen molar-refractivity contribution in [2.75, 3.05) is 13.1 Å². The second-order valence-electron chi connectivity index (χ2n) is 4.88. The topological polar surface area (TPSA) is 103 Å². The first kappa shape index (κ1) is 18.7. The minimum absolute atomic E-state index is 0. The molecule has 0 aliphatic carbocycles. The summed E-state index contributed by atoms with van der Waals surface area (Å²) in [4.78, 5) is 33.4. The van der Waals surface area contributed by atoms with Crippen LogP contribution in [0.4, 0.5) is 0 Å². The number of hydrogen-bond acceptors (Lipinski definition) is 4. The number of carbonyl (C=O) groups excluding carboxylic acids is 2. The van der Waals surface area contributed by atoms with Gasteiger partial charge in [0.25, 0.3) is 0 Å². The maximum atomic E-state index is 10.8. The molecule has 1 aliphatic rings. The predicted octanol–water partition coefficient (Wildman–Crippen LogP) is 2.00. The largest absolute Gasteiger partial charge is 0.663 e. The number of aromatic amines is 1. The van der Waals surface area contributed by atoms with Gasteiger partial charge in [0.1, 0.15) is 5.52 Å². The summed E-state index contributed by atoms with van der Waals surface area (Å²) >= 11 is 0. The summed E-state index contributed by atoms with van der Waals surface area (Å²) in [6.45, 7) is 3.63. The number of aryl methyl sites for hydroxylation is 1. The molecule has 1 saturated heterocycles. The van der Waals surface area contributed by atoms with Crippen LogP contribution in [0.2, 0.25) is 0 Å². The van der Waals surface area contributed by atoms with Gasteiger partial charge < -0.3 is 25.2 Å². The van der Waals surface area contributed by atoms with E-state index in [1.54, 1.807) is 18.0 Å². The van der Waals surface area contributed by atoms with E-state index in [0.29, 0.717) is 11.2 Å². The van der Waals surface area contributed by atoms with E-state index in [4.69, 9.17) is 5.73 Å². The Bertz CT molecular complexity index is 637. The van der Waals surface area contributed by atoms with Crippen molar-refractivity contribution in [1.29, 1.82) is 0 Å². The second-order valence-corrected chi connectivity index (χ2v) is 4.88. The molecule has 7 nitrogen and oxygen atoms in total. The van der Waals surface area contributed by atoms with Crippen molar-refractivity contribution in [3.05, 3.63) is 29.4 Å². The number of rotatable bonds is 2. The van der Waals surface area contributed by atoms with Crippen LogP contribution in [0.25, 0.3) is 16.9 Å². The summed E-state index contributed by atoms with van der Waals surface area (Å²) in [5.74, 6) is -0.744. The smallest absolute Gasteiger partial charge is 0.156 e. The van der Waals surface area contributed by atoms with Gasteiger partial charge in [0.15, 0.2) is 5.65 Å². The maximum Gasteiger partial charge on any atom is 0.156 e. The first-order chi connectivity index (χ1) is 10.1. The van der Waals surface area contributed by atoms with E-state index >= 15 is 0 Å². The van der Waals surface area contributed by atoms with Gasteiger partial charge in [0.05, 0.1) is 17.8 Å². The van der Waals surface area contributed by atoms with Gasteiger partial charge in [-0.25, -0.2) is 9.97 Å². The molecule has 2 N–H and O–H groups in total. The molecule has 22 heavy (non-hydrogen) atoms. The third-order valence-electron chi connectivity index (χ3n) is 3.23. The molecule has 2 amide bonds. The van der Waals surface area contributed by atoms with Gasteiger partial charge in [-0.1, -0.05) is 6.42 Å². The van der Waals surface area contributed by atoms with Crippen molar-refractivity contribution < 1.29 is 42.3 Å². The van der Waals surface area contributed by atoms with Crippen LogP contribution in [0.1, 0.15) is 35.3 Å². The van der Waals surface area contributed by atoms with Crippen LogP contribution in [-0.4, -0.2) is 45.3 Å². The minimum Gasteiger partial charge on any atom is -0.663 e. The zero-order valence-corrected chi connectivity index (χ0v) is 15.3. The summed E-state index contributed by atoms with van der Waals surface area (Å²) in [5, 5.41) is 0. The molecule has 0 spiro atoms. The first-order valence-electron chi connectivity index (χ1n) is 6.81. The van der Waals surface area contributed by atoms with Crippen molar-refractivity contribution in [3.8, 4) is 0 Å². The number of amides is 2. The van der Waals surface area contributed by atoms with Gasteiger partial charge in [-0.05, 0) is 32.9 Å². The van der Waals surface area contributed by atoms with Crippen LogP contribution in [0.15, 0.2) is 12.4 Å². The molecule has 0 unspecified atom stereocenters. The summed E-state index contributed by atoms with van der Waals surface area (Å²) in [6.07, 6.45) is 8.55. The standard InChI is InChI=1S/C8H8N4O.C6H10NO.Y/c1-4-2-10-8-6(12-4)5(3-11-8)7(9)13;8-6-7-4-2-1-3-5-7;/h2-3H,1H3,(H3,9,10,11,12,13);1-5H2;/q;-1;/p-1. The van der Waals surface area contributed by atoms with Crippen molar-refractivity contribution in [1.82, 2.24) is 19.9 Å². The van der Waals surface area contributed by atoms with Crippen LogP contribution in [0, 0.1) is 6.92 Å². The summed E-state index contributed by atoms with van der Waals surface area (Å²) in [5.41, 5.74) is 8.98. The number of piperidine rings is 1. The van der Waals surface area contributed by atoms with Crippen LogP contribution < -0.4 is 0 Å². The predicted molar refractivity (Wildman–Crippen MR) is 78.4 cm³/mol. The molecule has 1 radical (unpaired) electrons. The van der Waals surface area contributed by atoms with Crippen molar-refractivity contribution in [2.45, 2.75) is 26.2 Å². The number of aromatic nitrogens is 3. The van der Waals surface area contributed by atoms with E-state index in [9.17, 15) is 9.59 Å². The zero-order valence-electron chi connectivity index (χ0n) is 12.4. The molecule has 8 heteroatoms. The van der Waals surface area contributed by atoms with E-state index in [1.807, 2.05) is 6.41 Å². The molecule has 3 heterocycles. The molecule has 0 aromatic carbocycles. The SMILES string of the molecule is Cc1cnc2[nH]cc(C([NH-])=O)c2n1.O=[C-]N1CCCCC1.[Y]. The van der Waals surface area contributed by atoms with E-state index in [2.05, 4.69) is 15.0 Å². The second kappa shape index (κ2) is 8.95. The van der Waals surface area contributed by atoms with Crippen molar-refractivity contribution in [3.63, 3.8) is 0 Å². The number of carbonyl (C=O) groups is 1. The molecular formula is C14H17N5O2Y-2. The van der Waals surface area contributed by atoms with Crippen LogP contribution in [0.5, 0.6) is 0 Å². The van der Waals surface area contributed by atoms with Gasteiger partial charge in [-0.2, -0.15) is 6.41 Å². The Morgan fingerprint density at radius 2 is 2.05 bits per heavy atom. The normalized spacial score (nSPS) is 13.8. The Labute approximate surface area is 153 Å². The average Bonchev–Trinajstić information content (AvgIpc) is 2.92. The van der Waals surface area contributed by atoms with Crippen LogP contribution >= 0.6 is 0 Å². The Kier molecular flexibility index (Phi) is 7.61. The molecule has 1 aliphatic heterocycles. The molecule has 0 bridgehead atoms. The minimum atomic E-state index is -0.744. The fraction of sp³-hybridized carbons (Fsp3) is 0.429. The van der Waals surface area contributed by atoms with E-state index in [0.717, 1.165) is 31.6 Å². The van der Waals surface area contributed by atoms with Gasteiger partial charge in [-0.15, -0.1) is 0 Å². The maximum absolute atomic E-state index is 10.8. The fourth-order valence-electron chi connectivity index (χ4n) is 2.14. The Morgan fingerprint density at radius 3 is 2.59 bits per heavy atom. The van der Waals surface area contributed by atoms with E-state index in [1.165, 1.54) is 12.6 Å². The number of hydrogen-bond donors (Lipinski definition) is 1. The third kappa shape index (κ3) is 4.85. The van der Waals surface area contributed by atoms with Crippen LogP contribution in [-0.2, 0) is 37.5 Å². The molecule has 0 atom stereocenters. The molecule has 2 aromatic rings. The summed E-state index contributed by atoms with van der Waals surface area (Å²) < 4.78 is 0. The molecular weight excluding hydrogens is 359 g/mol. The number of fused-ring (bicyclic) bond motifs is 1. The number of nitrogens with zero attached hydrogens (tertiary/aromatic N) is 3. The molecule has 1 fully saturated rings. The Balaban J connectivity index is 0.000000234. The summed E-state index contributed by atoms with van der Waals surface area (Å²) in [7, 11) is 0. The number of H-pyrrole nitrogens is 1. The Hall–Kier alpha value is -1.34. The van der Waals surface area contributed by atoms with Gasteiger partial charge in [0.2, 0.25) is 0 Å². The van der Waals surface area contributed by atoms with Crippen molar-refractivity contribution in [2.24, 2.45) is 0 Å². The van der Waals surface area contributed by atoms with Crippen molar-refractivity contribution >= 4 is 23.5 Å². The average molecular weight is 376 g/mol. The third-order valence-corrected chi connectivity index (χ3v) is 3.23. The first-order valence-corrected chi connectivity index (χ1v) is 6.81. The van der Waals surface area contributed by atoms with Gasteiger partial charge in [0, 0.05) is 44.5 Å². The number of nitrogens with one attached hydrogen (secondary N) is 2. The monoisotopic (exact) mass is 376 g/mol. The Morgan fingerprint density at radius 1 is 1.36 bits per heavy atom. The quantitative estimate of drug-likeness (QED) is 0.810. The van der Waals surface area contributed by atoms with Gasteiger partial charge in [-0.3, -0.25) is 0 Å².